The number of esters is 1. The Labute approximate surface area is 107 Å². The Morgan fingerprint density at radius 3 is 2.06 bits per heavy atom. The topological polar surface area (TPSA) is 55.4 Å². The summed E-state index contributed by atoms with van der Waals surface area (Å²) in [4.78, 5) is 23.5. The van der Waals surface area contributed by atoms with Crippen LogP contribution in [0.1, 0.15) is 38.5 Å². The molecule has 0 aliphatic heterocycles. The fraction of sp³-hybridized carbons (Fsp3) is 0.857. The molecule has 0 unspecified atom stereocenters. The number of carbonyl (C=O) groups excluding carboxylic acids is 2. The van der Waals surface area contributed by atoms with E-state index in [9.17, 15) is 9.59 Å². The van der Waals surface area contributed by atoms with E-state index in [-0.39, 0.29) is 23.8 Å². The van der Waals surface area contributed by atoms with Crippen LogP contribution in [0.2, 0.25) is 0 Å². The lowest BCUT2D eigenvalue weighted by atomic mass is 9.49. The molecule has 4 bridgehead atoms. The van der Waals surface area contributed by atoms with Crippen LogP contribution in [-0.4, -0.2) is 25.5 Å². The van der Waals surface area contributed by atoms with Crippen LogP contribution in [0.5, 0.6) is 0 Å². The average molecular weight is 251 g/mol. The largest absolute Gasteiger partial charge is 0.468 e. The molecule has 4 nitrogen and oxygen atoms in total. The number of ether oxygens (including phenoxy) is 1. The number of hydrogen-bond donors (Lipinski definition) is 1. The van der Waals surface area contributed by atoms with Crippen molar-refractivity contribution in [2.75, 3.05) is 13.7 Å². The molecule has 0 aromatic heterocycles. The molecular formula is C14H21NO3. The fourth-order valence-corrected chi connectivity index (χ4v) is 4.80. The monoisotopic (exact) mass is 251 g/mol. The maximum absolute atomic E-state index is 12.4. The Hall–Kier alpha value is -1.06. The first-order valence-electron chi connectivity index (χ1n) is 6.96. The molecule has 4 aliphatic rings. The quantitative estimate of drug-likeness (QED) is 0.773. The van der Waals surface area contributed by atoms with Gasteiger partial charge in [0.2, 0.25) is 5.91 Å². The van der Waals surface area contributed by atoms with Crippen molar-refractivity contribution in [1.82, 2.24) is 5.32 Å². The second-order valence-corrected chi connectivity index (χ2v) is 6.46. The molecule has 1 N–H and O–H groups in total. The van der Waals surface area contributed by atoms with Crippen molar-refractivity contribution >= 4 is 11.9 Å². The van der Waals surface area contributed by atoms with Crippen molar-refractivity contribution in [3.8, 4) is 0 Å². The second-order valence-electron chi connectivity index (χ2n) is 6.46. The molecule has 0 aromatic rings. The van der Waals surface area contributed by atoms with Crippen molar-refractivity contribution in [2.45, 2.75) is 38.5 Å². The first kappa shape index (κ1) is 12.0. The number of hydrogen-bond acceptors (Lipinski definition) is 3. The third-order valence-corrected chi connectivity index (χ3v) is 5.14. The van der Waals surface area contributed by atoms with E-state index in [4.69, 9.17) is 0 Å². The summed E-state index contributed by atoms with van der Waals surface area (Å²) in [6.07, 6.45) is 7.07. The molecule has 4 aliphatic carbocycles. The Kier molecular flexibility index (Phi) is 2.83. The predicted molar refractivity (Wildman–Crippen MR) is 65.6 cm³/mol. The summed E-state index contributed by atoms with van der Waals surface area (Å²) in [5.74, 6) is 1.97. The SMILES string of the molecule is COC(=O)CNC(=O)C12CC3CC(CC(C3)C1)C2. The lowest BCUT2D eigenvalue weighted by Crippen LogP contribution is -2.54. The van der Waals surface area contributed by atoms with Gasteiger partial charge in [-0.15, -0.1) is 0 Å². The summed E-state index contributed by atoms with van der Waals surface area (Å²) in [6, 6.07) is 0. The van der Waals surface area contributed by atoms with Crippen molar-refractivity contribution in [1.29, 1.82) is 0 Å². The lowest BCUT2D eigenvalue weighted by Gasteiger charge is -2.55. The summed E-state index contributed by atoms with van der Waals surface area (Å²) in [6.45, 7) is 0.0110. The molecule has 0 spiro atoms. The van der Waals surface area contributed by atoms with Gasteiger partial charge in [0.1, 0.15) is 6.54 Å². The van der Waals surface area contributed by atoms with Crippen LogP contribution >= 0.6 is 0 Å². The van der Waals surface area contributed by atoms with E-state index < -0.39 is 0 Å². The number of methoxy groups -OCH3 is 1. The summed E-state index contributed by atoms with van der Waals surface area (Å²) in [5, 5.41) is 2.78. The van der Waals surface area contributed by atoms with Crippen LogP contribution < -0.4 is 5.32 Å². The van der Waals surface area contributed by atoms with E-state index in [2.05, 4.69) is 10.1 Å². The van der Waals surface area contributed by atoms with Gasteiger partial charge in [-0.25, -0.2) is 0 Å². The Morgan fingerprint density at radius 1 is 1.11 bits per heavy atom. The van der Waals surface area contributed by atoms with Gasteiger partial charge >= 0.3 is 5.97 Å². The third-order valence-electron chi connectivity index (χ3n) is 5.14. The van der Waals surface area contributed by atoms with Crippen LogP contribution in [0.15, 0.2) is 0 Å². The average Bonchev–Trinajstić information content (AvgIpc) is 2.33. The van der Waals surface area contributed by atoms with E-state index in [1.807, 2.05) is 0 Å². The van der Waals surface area contributed by atoms with Gasteiger partial charge in [0.05, 0.1) is 7.11 Å². The maximum atomic E-state index is 12.4. The predicted octanol–water partition coefficient (Wildman–Crippen LogP) is 1.49. The highest BCUT2D eigenvalue weighted by atomic mass is 16.5. The minimum Gasteiger partial charge on any atom is -0.468 e. The standard InChI is InChI=1S/C14H21NO3/c1-18-12(16)8-15-13(17)14-5-9-2-10(6-14)4-11(3-9)7-14/h9-11H,2-8H2,1H3,(H,15,17). The molecule has 0 atom stereocenters. The van der Waals surface area contributed by atoms with Gasteiger partial charge in [-0.3, -0.25) is 9.59 Å². The summed E-state index contributed by atoms with van der Waals surface area (Å²) in [5.41, 5.74) is -0.164. The highest BCUT2D eigenvalue weighted by molar-refractivity contribution is 5.86. The molecule has 4 heteroatoms. The van der Waals surface area contributed by atoms with Crippen LogP contribution in [0.4, 0.5) is 0 Å². The molecular weight excluding hydrogens is 230 g/mol. The van der Waals surface area contributed by atoms with Crippen LogP contribution in [0.25, 0.3) is 0 Å². The zero-order chi connectivity index (χ0) is 12.8. The van der Waals surface area contributed by atoms with Crippen molar-refractivity contribution < 1.29 is 14.3 Å². The number of nitrogens with one attached hydrogen (secondary N) is 1. The van der Waals surface area contributed by atoms with Gasteiger partial charge in [0.25, 0.3) is 0 Å². The number of carbonyl (C=O) groups is 2. The first-order valence-corrected chi connectivity index (χ1v) is 6.96. The summed E-state index contributed by atoms with van der Waals surface area (Å²) < 4.78 is 4.57. The highest BCUT2D eigenvalue weighted by Crippen LogP contribution is 2.60. The molecule has 0 heterocycles. The van der Waals surface area contributed by atoms with E-state index in [1.54, 1.807) is 0 Å². The van der Waals surface area contributed by atoms with E-state index in [0.717, 1.165) is 37.0 Å². The van der Waals surface area contributed by atoms with Crippen LogP contribution in [-0.2, 0) is 14.3 Å². The van der Waals surface area contributed by atoms with E-state index in [1.165, 1.54) is 26.4 Å². The fourth-order valence-electron chi connectivity index (χ4n) is 4.80. The minimum absolute atomic E-state index is 0.0110. The zero-order valence-corrected chi connectivity index (χ0v) is 10.9. The molecule has 1 amide bonds. The van der Waals surface area contributed by atoms with Crippen LogP contribution in [0.3, 0.4) is 0 Å². The Morgan fingerprint density at radius 2 is 1.61 bits per heavy atom. The van der Waals surface area contributed by atoms with Crippen molar-refractivity contribution in [3.05, 3.63) is 0 Å². The van der Waals surface area contributed by atoms with Gasteiger partial charge in [0.15, 0.2) is 0 Å². The van der Waals surface area contributed by atoms with Crippen molar-refractivity contribution in [3.63, 3.8) is 0 Å². The van der Waals surface area contributed by atoms with Gasteiger partial charge in [-0.05, 0) is 56.3 Å². The highest BCUT2D eigenvalue weighted by Gasteiger charge is 2.54. The molecule has 100 valence electrons. The number of rotatable bonds is 3. The van der Waals surface area contributed by atoms with Gasteiger partial charge in [-0.1, -0.05) is 0 Å². The molecule has 4 fully saturated rings. The maximum Gasteiger partial charge on any atom is 0.325 e. The molecule has 0 aromatic carbocycles. The normalized spacial score (nSPS) is 40.6. The smallest absolute Gasteiger partial charge is 0.325 e. The van der Waals surface area contributed by atoms with E-state index in [0.29, 0.717) is 0 Å². The molecule has 4 rings (SSSR count). The molecule has 18 heavy (non-hydrogen) atoms. The lowest BCUT2D eigenvalue weighted by molar-refractivity contribution is -0.149. The first-order chi connectivity index (χ1) is 8.61. The second kappa shape index (κ2) is 4.25. The van der Waals surface area contributed by atoms with Crippen LogP contribution in [0, 0.1) is 23.2 Å². The zero-order valence-electron chi connectivity index (χ0n) is 10.9. The van der Waals surface area contributed by atoms with E-state index >= 15 is 0 Å². The van der Waals surface area contributed by atoms with Gasteiger partial charge < -0.3 is 10.1 Å². The molecule has 4 saturated carbocycles. The van der Waals surface area contributed by atoms with Crippen molar-refractivity contribution in [2.24, 2.45) is 23.2 Å². The Bertz CT molecular complexity index is 342. The number of amides is 1. The Balaban J connectivity index is 1.67. The minimum atomic E-state index is -0.368. The molecule has 0 radical (unpaired) electrons. The summed E-state index contributed by atoms with van der Waals surface area (Å²) in [7, 11) is 1.35. The van der Waals surface area contributed by atoms with Gasteiger partial charge in [-0.2, -0.15) is 0 Å². The summed E-state index contributed by atoms with van der Waals surface area (Å²) >= 11 is 0. The third kappa shape index (κ3) is 1.91. The van der Waals surface area contributed by atoms with Gasteiger partial charge in [0, 0.05) is 5.41 Å². The molecule has 0 saturated heterocycles.